The van der Waals surface area contributed by atoms with E-state index in [4.69, 9.17) is 25.9 Å². The van der Waals surface area contributed by atoms with Gasteiger partial charge in [-0.25, -0.2) is 4.98 Å². The van der Waals surface area contributed by atoms with Crippen LogP contribution in [0.15, 0.2) is 36.0 Å². The maximum absolute atomic E-state index is 8.92. The fourth-order valence-electron chi connectivity index (χ4n) is 2.04. The first-order valence-corrected chi connectivity index (χ1v) is 6.69. The molecule has 1 aromatic heterocycles. The number of nitrogens with two attached hydrogens (primary N) is 1. The van der Waals surface area contributed by atoms with Crippen LogP contribution in [0.1, 0.15) is 0 Å². The van der Waals surface area contributed by atoms with Crippen molar-refractivity contribution in [3.63, 3.8) is 0 Å². The van der Waals surface area contributed by atoms with Crippen molar-refractivity contribution in [3.8, 4) is 23.3 Å². The minimum absolute atomic E-state index is 0.212. The van der Waals surface area contributed by atoms with Crippen LogP contribution in [0.25, 0.3) is 5.69 Å². The zero-order valence-electron chi connectivity index (χ0n) is 12.0. The van der Waals surface area contributed by atoms with Gasteiger partial charge in [0.1, 0.15) is 19.3 Å². The highest BCUT2D eigenvalue weighted by atomic mass is 16.6. The van der Waals surface area contributed by atoms with Gasteiger partial charge in [0.15, 0.2) is 17.3 Å². The maximum Gasteiger partial charge on any atom is 0.201 e. The zero-order chi connectivity index (χ0) is 16.2. The molecule has 0 radical (unpaired) electrons. The number of amidine groups is 1. The topological polar surface area (TPSA) is 134 Å². The Morgan fingerprint density at radius 2 is 2.13 bits per heavy atom. The van der Waals surface area contributed by atoms with Crippen molar-refractivity contribution >= 4 is 17.2 Å². The van der Waals surface area contributed by atoms with Gasteiger partial charge in [-0.15, -0.1) is 0 Å². The third-order valence-electron chi connectivity index (χ3n) is 3.09. The molecule has 2 heterocycles. The smallest absolute Gasteiger partial charge is 0.201 e. The molecule has 0 unspecified atom stereocenters. The molecule has 2 aromatic rings. The predicted molar refractivity (Wildman–Crippen MR) is 83.1 cm³/mol. The second kappa shape index (κ2) is 6.07. The van der Waals surface area contributed by atoms with E-state index < -0.39 is 5.84 Å². The molecule has 4 N–H and O–H groups in total. The molecular weight excluding hydrogens is 298 g/mol. The highest BCUT2D eigenvalue weighted by Gasteiger charge is 2.17. The number of rotatable bonds is 4. The first kappa shape index (κ1) is 14.4. The lowest BCUT2D eigenvalue weighted by Crippen LogP contribution is -2.22. The molecular formula is C14H13N7O2. The minimum Gasteiger partial charge on any atom is -0.486 e. The van der Waals surface area contributed by atoms with Gasteiger partial charge in [0.05, 0.1) is 17.7 Å². The summed E-state index contributed by atoms with van der Waals surface area (Å²) in [5.41, 5.74) is 9.08. The summed E-state index contributed by atoms with van der Waals surface area (Å²) in [7, 11) is 0. The Bertz CT molecular complexity index is 805. The van der Waals surface area contributed by atoms with Gasteiger partial charge in [0, 0.05) is 24.5 Å². The summed E-state index contributed by atoms with van der Waals surface area (Å²) in [5.74, 6) is 0.766. The lowest BCUT2D eigenvalue weighted by Gasteiger charge is -2.21. The third kappa shape index (κ3) is 2.91. The second-order valence-electron chi connectivity index (χ2n) is 4.58. The van der Waals surface area contributed by atoms with Gasteiger partial charge in [0.25, 0.3) is 0 Å². The molecule has 0 atom stereocenters. The largest absolute Gasteiger partial charge is 0.486 e. The lowest BCUT2D eigenvalue weighted by molar-refractivity contribution is 0.171. The fourth-order valence-corrected chi connectivity index (χ4v) is 2.04. The van der Waals surface area contributed by atoms with E-state index in [1.54, 1.807) is 41.5 Å². The van der Waals surface area contributed by atoms with Crippen LogP contribution in [0.4, 0.5) is 5.69 Å². The molecule has 9 heteroatoms. The van der Waals surface area contributed by atoms with Crippen LogP contribution < -0.4 is 20.6 Å². The summed E-state index contributed by atoms with van der Waals surface area (Å²) in [6.45, 7) is 0.932. The van der Waals surface area contributed by atoms with Crippen LogP contribution >= 0.6 is 0 Å². The van der Waals surface area contributed by atoms with Gasteiger partial charge in [-0.3, -0.25) is 10.8 Å². The van der Waals surface area contributed by atoms with Crippen LogP contribution in [0, 0.1) is 16.7 Å². The van der Waals surface area contributed by atoms with Crippen molar-refractivity contribution in [2.24, 2.45) is 10.8 Å². The highest BCUT2D eigenvalue weighted by molar-refractivity contribution is 6.45. The molecule has 1 aromatic carbocycles. The number of benzene rings is 1. The predicted octanol–water partition coefficient (Wildman–Crippen LogP) is 0.871. The Balaban J connectivity index is 2.04. The number of hydrogen-bond acceptors (Lipinski definition) is 7. The molecule has 0 aliphatic carbocycles. The number of nitrogens with one attached hydrogen (secondary N) is 2. The molecule has 1 aliphatic heterocycles. The second-order valence-corrected chi connectivity index (χ2v) is 4.58. The highest BCUT2D eigenvalue weighted by Crippen LogP contribution is 2.37. The van der Waals surface area contributed by atoms with Gasteiger partial charge in [0.2, 0.25) is 5.71 Å². The van der Waals surface area contributed by atoms with E-state index in [2.05, 4.69) is 15.5 Å². The number of hydrazone groups is 1. The minimum atomic E-state index is -0.415. The fraction of sp³-hybridized carbons (Fsp3) is 0.143. The molecule has 3 rings (SSSR count). The number of hydrogen-bond donors (Lipinski definition) is 3. The van der Waals surface area contributed by atoms with Crippen LogP contribution in [-0.2, 0) is 0 Å². The van der Waals surface area contributed by atoms with Gasteiger partial charge < -0.3 is 19.8 Å². The number of aromatic nitrogens is 2. The van der Waals surface area contributed by atoms with E-state index in [1.165, 1.54) is 0 Å². The molecule has 0 saturated heterocycles. The summed E-state index contributed by atoms with van der Waals surface area (Å²) < 4.78 is 12.9. The number of imidazole rings is 1. The zero-order valence-corrected chi connectivity index (χ0v) is 12.0. The molecule has 0 fully saturated rings. The standard InChI is InChI=1S/C14H13N7O2/c15-7-10(14(16)17)20-19-9-5-12-13(23-4-3-22-12)6-11(9)21-2-1-18-8-21/h1-2,5-6,8,19H,3-4H2,(H3,16,17)/b20-10+. The summed E-state index contributed by atoms with van der Waals surface area (Å²) in [4.78, 5) is 4.01. The van der Waals surface area contributed by atoms with Gasteiger partial charge in [-0.1, -0.05) is 0 Å². The van der Waals surface area contributed by atoms with E-state index in [1.807, 2.05) is 0 Å². The molecule has 0 spiro atoms. The van der Waals surface area contributed by atoms with Gasteiger partial charge in [-0.05, 0) is 0 Å². The van der Waals surface area contributed by atoms with Crippen molar-refractivity contribution in [2.45, 2.75) is 0 Å². The molecule has 0 bridgehead atoms. The van der Waals surface area contributed by atoms with Crippen molar-refractivity contribution in [2.75, 3.05) is 18.6 Å². The molecule has 0 saturated carbocycles. The van der Waals surface area contributed by atoms with E-state index in [-0.39, 0.29) is 5.71 Å². The quantitative estimate of drug-likeness (QED) is 0.435. The van der Waals surface area contributed by atoms with Crippen molar-refractivity contribution < 1.29 is 9.47 Å². The Kier molecular flexibility index (Phi) is 3.80. The van der Waals surface area contributed by atoms with Crippen LogP contribution in [0.2, 0.25) is 0 Å². The Morgan fingerprint density at radius 1 is 1.39 bits per heavy atom. The van der Waals surface area contributed by atoms with E-state index >= 15 is 0 Å². The number of fused-ring (bicyclic) bond motifs is 1. The van der Waals surface area contributed by atoms with E-state index in [0.29, 0.717) is 36.1 Å². The van der Waals surface area contributed by atoms with Gasteiger partial charge in [-0.2, -0.15) is 10.4 Å². The lowest BCUT2D eigenvalue weighted by atomic mass is 10.2. The average molecular weight is 311 g/mol. The van der Waals surface area contributed by atoms with Crippen molar-refractivity contribution in [1.29, 1.82) is 10.7 Å². The summed E-state index contributed by atoms with van der Waals surface area (Å²) in [6.07, 6.45) is 5.02. The van der Waals surface area contributed by atoms with Crippen LogP contribution in [0.3, 0.4) is 0 Å². The van der Waals surface area contributed by atoms with Gasteiger partial charge >= 0.3 is 0 Å². The molecule has 23 heavy (non-hydrogen) atoms. The Hall–Kier alpha value is -3.54. The van der Waals surface area contributed by atoms with Crippen molar-refractivity contribution in [3.05, 3.63) is 30.9 Å². The normalized spacial score (nSPS) is 13.3. The first-order valence-electron chi connectivity index (χ1n) is 6.69. The average Bonchev–Trinajstić information content (AvgIpc) is 3.08. The van der Waals surface area contributed by atoms with Crippen molar-refractivity contribution in [1.82, 2.24) is 9.55 Å². The third-order valence-corrected chi connectivity index (χ3v) is 3.09. The monoisotopic (exact) mass is 311 g/mol. The number of ether oxygens (including phenoxy) is 2. The van der Waals surface area contributed by atoms with E-state index in [0.717, 1.165) is 0 Å². The summed E-state index contributed by atoms with van der Waals surface area (Å²) >= 11 is 0. The summed E-state index contributed by atoms with van der Waals surface area (Å²) in [5, 5.41) is 20.1. The number of anilines is 1. The van der Waals surface area contributed by atoms with E-state index in [9.17, 15) is 0 Å². The first-order chi connectivity index (χ1) is 11.2. The summed E-state index contributed by atoms with van der Waals surface area (Å²) in [6, 6.07) is 5.25. The van der Waals surface area contributed by atoms with Crippen LogP contribution in [0.5, 0.6) is 11.5 Å². The molecule has 116 valence electrons. The number of nitrogens with zero attached hydrogens (tertiary/aromatic N) is 4. The Morgan fingerprint density at radius 3 is 2.74 bits per heavy atom. The molecule has 9 nitrogen and oxygen atoms in total. The SMILES string of the molecule is N#C/C(=N\Nc1cc2c(cc1-n1ccnc1)OCCO2)C(=N)N. The van der Waals surface area contributed by atoms with Crippen LogP contribution in [-0.4, -0.2) is 34.3 Å². The Labute approximate surface area is 131 Å². The molecule has 1 aliphatic rings. The molecule has 0 amide bonds. The maximum atomic E-state index is 8.92. The number of nitriles is 1.